The lowest BCUT2D eigenvalue weighted by Gasteiger charge is -2.72. The molecule has 1 heterocycles. The molecule has 0 spiro atoms. The Morgan fingerprint density at radius 3 is 2.24 bits per heavy atom. The molecule has 46 heavy (non-hydrogen) atoms. The number of hydrogen-bond donors (Lipinski definition) is 7. The summed E-state index contributed by atoms with van der Waals surface area (Å²) < 4.78 is 11.5. The molecule has 6 rings (SSSR count). The third-order valence-electron chi connectivity index (χ3n) is 15.7. The lowest BCUT2D eigenvalue weighted by atomic mass is 9.33. The van der Waals surface area contributed by atoms with Crippen LogP contribution in [0.3, 0.4) is 0 Å². The van der Waals surface area contributed by atoms with Gasteiger partial charge < -0.3 is 45.2 Å². The monoisotopic (exact) mass is 650 g/mol. The SMILES string of the molecule is C[C@H]1CC[C@]2(C(=O)O[C@H]3O[C@@H](CO)[C@@H](O)[C@@H](O)[C@H]3O)CC[C@]3(C)C(=CC[C@H]4[C@@]5(C)CC[C@H](O)[C@@](C)(CO)[C@@H]5CC[C@@]43C)[C@@H]2[C@@]1(C)O. The van der Waals surface area contributed by atoms with Crippen LogP contribution in [0, 0.1) is 50.7 Å². The lowest BCUT2D eigenvalue weighted by molar-refractivity contribution is -0.299. The second-order valence-electron chi connectivity index (χ2n) is 17.4. The summed E-state index contributed by atoms with van der Waals surface area (Å²) in [6, 6.07) is 0. The largest absolute Gasteiger partial charge is 0.432 e. The molecule has 6 aliphatic rings. The summed E-state index contributed by atoms with van der Waals surface area (Å²) in [5.41, 5.74) is -2.34. The highest BCUT2D eigenvalue weighted by Crippen LogP contribution is 2.76. The maximum atomic E-state index is 14.5. The Bertz CT molecular complexity index is 1240. The van der Waals surface area contributed by atoms with Gasteiger partial charge in [-0.15, -0.1) is 0 Å². The van der Waals surface area contributed by atoms with Crippen LogP contribution in [0.2, 0.25) is 0 Å². The van der Waals surface area contributed by atoms with E-state index in [0.717, 1.165) is 31.3 Å². The number of esters is 1. The number of carbonyl (C=O) groups excluding carboxylic acids is 1. The molecule has 4 saturated carbocycles. The minimum Gasteiger partial charge on any atom is -0.432 e. The molecule has 10 heteroatoms. The van der Waals surface area contributed by atoms with Gasteiger partial charge in [-0.25, -0.2) is 0 Å². The van der Waals surface area contributed by atoms with Gasteiger partial charge in [-0.1, -0.05) is 46.3 Å². The van der Waals surface area contributed by atoms with Gasteiger partial charge in [0, 0.05) is 11.3 Å². The van der Waals surface area contributed by atoms with Gasteiger partial charge >= 0.3 is 5.97 Å². The number of carbonyl (C=O) groups is 1. The summed E-state index contributed by atoms with van der Waals surface area (Å²) in [4.78, 5) is 14.5. The molecule has 0 aromatic carbocycles. The Morgan fingerprint density at radius 2 is 1.59 bits per heavy atom. The van der Waals surface area contributed by atoms with Crippen molar-refractivity contribution in [2.45, 2.75) is 142 Å². The first-order chi connectivity index (χ1) is 21.4. The molecule has 262 valence electrons. The van der Waals surface area contributed by atoms with Crippen LogP contribution in [0.4, 0.5) is 0 Å². The van der Waals surface area contributed by atoms with Crippen LogP contribution in [-0.2, 0) is 14.3 Å². The van der Waals surface area contributed by atoms with Gasteiger partial charge in [0.2, 0.25) is 6.29 Å². The van der Waals surface area contributed by atoms with Crippen LogP contribution in [0.5, 0.6) is 0 Å². The van der Waals surface area contributed by atoms with E-state index in [9.17, 15) is 40.5 Å². The van der Waals surface area contributed by atoms with E-state index < -0.39 is 71.7 Å². The van der Waals surface area contributed by atoms with Gasteiger partial charge in [0.15, 0.2) is 0 Å². The topological polar surface area (TPSA) is 177 Å². The molecular formula is C36H58O10. The van der Waals surface area contributed by atoms with Crippen molar-refractivity contribution in [3.63, 3.8) is 0 Å². The lowest BCUT2D eigenvalue weighted by Crippen LogP contribution is -2.68. The number of aliphatic hydroxyl groups is 7. The van der Waals surface area contributed by atoms with Crippen LogP contribution in [0.15, 0.2) is 11.6 Å². The average molecular weight is 651 g/mol. The van der Waals surface area contributed by atoms with E-state index in [1.165, 1.54) is 0 Å². The smallest absolute Gasteiger partial charge is 0.315 e. The minimum atomic E-state index is -1.70. The van der Waals surface area contributed by atoms with Crippen LogP contribution in [0.1, 0.15) is 99.3 Å². The van der Waals surface area contributed by atoms with Crippen molar-refractivity contribution in [3.8, 4) is 0 Å². The minimum absolute atomic E-state index is 0.0435. The summed E-state index contributed by atoms with van der Waals surface area (Å²) in [5, 5.41) is 75.0. The van der Waals surface area contributed by atoms with Gasteiger partial charge in [-0.2, -0.15) is 0 Å². The Labute approximate surface area is 273 Å². The maximum Gasteiger partial charge on any atom is 0.315 e. The van der Waals surface area contributed by atoms with Crippen LogP contribution >= 0.6 is 0 Å². The molecule has 0 aromatic heterocycles. The van der Waals surface area contributed by atoms with Gasteiger partial charge in [-0.3, -0.25) is 4.79 Å². The Hall–Kier alpha value is -1.11. The maximum absolute atomic E-state index is 14.5. The fourth-order valence-electron chi connectivity index (χ4n) is 12.3. The molecular weight excluding hydrogens is 592 g/mol. The van der Waals surface area contributed by atoms with E-state index in [1.54, 1.807) is 0 Å². The second-order valence-corrected chi connectivity index (χ2v) is 17.4. The zero-order chi connectivity index (χ0) is 33.8. The molecule has 0 unspecified atom stereocenters. The summed E-state index contributed by atoms with van der Waals surface area (Å²) in [7, 11) is 0. The number of rotatable bonds is 4. The molecule has 16 atom stereocenters. The fourth-order valence-corrected chi connectivity index (χ4v) is 12.3. The molecule has 5 aliphatic carbocycles. The highest BCUT2D eigenvalue weighted by molar-refractivity contribution is 5.79. The number of fused-ring (bicyclic) bond motifs is 7. The number of hydrogen-bond acceptors (Lipinski definition) is 10. The Kier molecular flexibility index (Phi) is 8.46. The van der Waals surface area contributed by atoms with E-state index >= 15 is 0 Å². The molecule has 0 aromatic rings. The third-order valence-corrected chi connectivity index (χ3v) is 15.7. The fraction of sp³-hybridized carbons (Fsp3) is 0.917. The molecule has 0 bridgehead atoms. The van der Waals surface area contributed by atoms with E-state index in [1.807, 2.05) is 20.8 Å². The molecule has 0 radical (unpaired) electrons. The molecule has 1 aliphatic heterocycles. The van der Waals surface area contributed by atoms with Crippen molar-refractivity contribution < 1.29 is 50.0 Å². The predicted octanol–water partition coefficient (Wildman–Crippen LogP) is 2.44. The highest BCUT2D eigenvalue weighted by atomic mass is 16.7. The zero-order valence-electron chi connectivity index (χ0n) is 28.5. The number of aliphatic hydroxyl groups excluding tert-OH is 6. The standard InChI is InChI=1S/C36H58O10/c1-19-9-14-36(30(43)46-29-27(42)26(41)25(40)21(17-37)45-29)16-15-33(4)20(28(36)35(19,6)44)7-8-23-31(2)12-11-24(39)32(3,18-38)22(31)10-13-34(23,33)5/h7,19,21-29,37-42,44H,8-18H2,1-6H3/t19-,21-,22+,23-,24-,25+,26+,27+,28+,29+,31-,32-,33+,34-,35-,36-/m0/s1. The van der Waals surface area contributed by atoms with Crippen molar-refractivity contribution >= 4 is 5.97 Å². The Morgan fingerprint density at radius 1 is 0.891 bits per heavy atom. The van der Waals surface area contributed by atoms with Crippen molar-refractivity contribution in [3.05, 3.63) is 11.6 Å². The quantitative estimate of drug-likeness (QED) is 0.177. The van der Waals surface area contributed by atoms with E-state index in [2.05, 4.69) is 26.8 Å². The predicted molar refractivity (Wildman–Crippen MR) is 168 cm³/mol. The molecule has 0 amide bonds. The van der Waals surface area contributed by atoms with Crippen LogP contribution < -0.4 is 0 Å². The van der Waals surface area contributed by atoms with Crippen molar-refractivity contribution in [2.24, 2.45) is 50.7 Å². The van der Waals surface area contributed by atoms with Crippen molar-refractivity contribution in [1.82, 2.24) is 0 Å². The summed E-state index contributed by atoms with van der Waals surface area (Å²) >= 11 is 0. The zero-order valence-corrected chi connectivity index (χ0v) is 28.5. The second kappa shape index (κ2) is 11.2. The van der Waals surface area contributed by atoms with Crippen molar-refractivity contribution in [1.29, 1.82) is 0 Å². The van der Waals surface area contributed by atoms with Gasteiger partial charge in [0.25, 0.3) is 0 Å². The average Bonchev–Trinajstić information content (AvgIpc) is 3.01. The van der Waals surface area contributed by atoms with E-state index in [0.29, 0.717) is 38.0 Å². The Balaban J connectivity index is 1.39. The first-order valence-corrected chi connectivity index (χ1v) is 17.6. The summed E-state index contributed by atoms with van der Waals surface area (Å²) in [5.74, 6) is -0.749. The van der Waals surface area contributed by atoms with E-state index in [4.69, 9.17) is 9.47 Å². The van der Waals surface area contributed by atoms with Gasteiger partial charge in [-0.05, 0) is 98.7 Å². The molecule has 7 N–H and O–H groups in total. The number of allylic oxidation sites excluding steroid dienone is 1. The molecule has 10 nitrogen and oxygen atoms in total. The summed E-state index contributed by atoms with van der Waals surface area (Å²) in [6.45, 7) is 12.3. The van der Waals surface area contributed by atoms with Crippen LogP contribution in [0.25, 0.3) is 0 Å². The third kappa shape index (κ3) is 4.39. The first kappa shape index (κ1) is 34.7. The first-order valence-electron chi connectivity index (χ1n) is 17.6. The molecule has 1 saturated heterocycles. The van der Waals surface area contributed by atoms with Gasteiger partial charge in [0.05, 0.1) is 30.3 Å². The van der Waals surface area contributed by atoms with Gasteiger partial charge in [0.1, 0.15) is 24.4 Å². The van der Waals surface area contributed by atoms with E-state index in [-0.39, 0.29) is 34.7 Å². The highest BCUT2D eigenvalue weighted by Gasteiger charge is 2.72. The normalized spacial score (nSPS) is 56.8. The molecule has 5 fully saturated rings. The number of ether oxygens (including phenoxy) is 2. The van der Waals surface area contributed by atoms with Crippen molar-refractivity contribution in [2.75, 3.05) is 13.2 Å². The van der Waals surface area contributed by atoms with Crippen LogP contribution in [-0.4, -0.2) is 97.3 Å². The summed E-state index contributed by atoms with van der Waals surface area (Å²) in [6.07, 6.45) is 0.492.